The van der Waals surface area contributed by atoms with Crippen molar-refractivity contribution in [2.24, 2.45) is 0 Å². The van der Waals surface area contributed by atoms with Gasteiger partial charge < -0.3 is 20.5 Å². The van der Waals surface area contributed by atoms with Crippen molar-refractivity contribution in [3.63, 3.8) is 0 Å². The van der Waals surface area contributed by atoms with Crippen LogP contribution >= 0.6 is 0 Å². The van der Waals surface area contributed by atoms with Crippen molar-refractivity contribution in [2.75, 3.05) is 37.4 Å². The fraction of sp³-hybridized carbons (Fsp3) is 0.269. The van der Waals surface area contributed by atoms with Gasteiger partial charge in [-0.15, -0.1) is 13.2 Å². The summed E-state index contributed by atoms with van der Waals surface area (Å²) >= 11 is 0. The van der Waals surface area contributed by atoms with Gasteiger partial charge in [0.1, 0.15) is 6.33 Å². The predicted molar refractivity (Wildman–Crippen MR) is 140 cm³/mol. The highest BCUT2D eigenvalue weighted by Gasteiger charge is 2.33. The molecule has 1 atom stereocenters. The van der Waals surface area contributed by atoms with Gasteiger partial charge in [-0.05, 0) is 42.8 Å². The summed E-state index contributed by atoms with van der Waals surface area (Å²) in [6.45, 7) is 3.56. The van der Waals surface area contributed by atoms with Crippen LogP contribution in [0, 0.1) is 0 Å². The number of nitrogen functional groups attached to an aromatic ring is 1. The number of ether oxygens (including phenoxy) is 2. The summed E-state index contributed by atoms with van der Waals surface area (Å²) < 4.78 is 49.9. The van der Waals surface area contributed by atoms with E-state index in [1.165, 1.54) is 23.0 Å². The zero-order valence-corrected chi connectivity index (χ0v) is 21.2. The summed E-state index contributed by atoms with van der Waals surface area (Å²) in [6.07, 6.45) is -0.642. The van der Waals surface area contributed by atoms with Crippen LogP contribution in [0.2, 0.25) is 0 Å². The number of benzene rings is 2. The summed E-state index contributed by atoms with van der Waals surface area (Å²) in [7, 11) is 0. The maximum atomic E-state index is 13.3. The molecule has 1 fully saturated rings. The number of amides is 1. The number of nitrogens with zero attached hydrogens (tertiary/aromatic N) is 5. The lowest BCUT2D eigenvalue weighted by Crippen LogP contribution is -2.47. The second kappa shape index (κ2) is 10.9. The summed E-state index contributed by atoms with van der Waals surface area (Å²) in [5.74, 6) is -1.02. The van der Waals surface area contributed by atoms with Crippen LogP contribution in [-0.4, -0.2) is 69.0 Å². The number of hydrogen-bond donors (Lipinski definition) is 2. The molecule has 0 bridgehead atoms. The normalized spacial score (nSPS) is 15.1. The van der Waals surface area contributed by atoms with Gasteiger partial charge >= 0.3 is 6.36 Å². The molecule has 1 unspecified atom stereocenters. The second-order valence-electron chi connectivity index (χ2n) is 9.02. The van der Waals surface area contributed by atoms with Crippen molar-refractivity contribution in [3.8, 4) is 22.6 Å². The number of hydrogen-bond acceptors (Lipinski definition) is 9. The third kappa shape index (κ3) is 5.87. The number of halogens is 3. The Morgan fingerprint density at radius 1 is 1.07 bits per heavy atom. The molecular formula is C26H24F3N7O4. The van der Waals surface area contributed by atoms with Crippen LogP contribution in [0.1, 0.15) is 6.92 Å². The van der Waals surface area contributed by atoms with Crippen LogP contribution in [0.25, 0.3) is 27.7 Å². The first-order valence-electron chi connectivity index (χ1n) is 12.2. The third-order valence-corrected chi connectivity index (χ3v) is 6.46. The minimum Gasteiger partial charge on any atom is -0.404 e. The number of rotatable bonds is 6. The maximum absolute atomic E-state index is 13.3. The predicted octanol–water partition coefficient (Wildman–Crippen LogP) is 2.98. The van der Waals surface area contributed by atoms with E-state index in [4.69, 9.17) is 10.5 Å². The molecule has 1 aliphatic rings. The van der Waals surface area contributed by atoms with E-state index < -0.39 is 29.6 Å². The monoisotopic (exact) mass is 555 g/mol. The molecule has 40 heavy (non-hydrogen) atoms. The lowest BCUT2D eigenvalue weighted by atomic mass is 10.1. The molecule has 11 nitrogen and oxygen atoms in total. The number of carbonyl (C=O) groups excluding carboxylic acids is 1. The van der Waals surface area contributed by atoms with E-state index in [2.05, 4.69) is 25.0 Å². The maximum Gasteiger partial charge on any atom is 0.573 e. The fourth-order valence-electron chi connectivity index (χ4n) is 4.32. The van der Waals surface area contributed by atoms with E-state index in [9.17, 15) is 22.8 Å². The molecule has 0 saturated carbocycles. The lowest BCUT2D eigenvalue weighted by molar-refractivity contribution is -0.274. The van der Waals surface area contributed by atoms with Crippen LogP contribution in [0.15, 0.2) is 59.9 Å². The summed E-state index contributed by atoms with van der Waals surface area (Å²) in [4.78, 5) is 40.5. The zero-order chi connectivity index (χ0) is 28.4. The SMILES string of the molecule is CC(C(=O)Nc1cc(-n2cnc3cc(-c4cnc(N)nc4)ccc3c2=O)ccc1OC(F)(F)F)N1CCOCC1. The van der Waals surface area contributed by atoms with Crippen LogP contribution in [0.3, 0.4) is 0 Å². The molecule has 2 aromatic carbocycles. The lowest BCUT2D eigenvalue weighted by Gasteiger charge is -2.31. The molecule has 1 saturated heterocycles. The largest absolute Gasteiger partial charge is 0.573 e. The smallest absolute Gasteiger partial charge is 0.404 e. The van der Waals surface area contributed by atoms with E-state index in [1.54, 1.807) is 37.5 Å². The number of alkyl halides is 3. The van der Waals surface area contributed by atoms with Crippen LogP contribution in [0.4, 0.5) is 24.8 Å². The number of fused-ring (bicyclic) bond motifs is 1. The number of aromatic nitrogens is 4. The van der Waals surface area contributed by atoms with Gasteiger partial charge in [-0.1, -0.05) is 6.07 Å². The van der Waals surface area contributed by atoms with Crippen LogP contribution in [-0.2, 0) is 9.53 Å². The Labute approximate surface area is 225 Å². The van der Waals surface area contributed by atoms with E-state index in [1.807, 2.05) is 4.90 Å². The summed E-state index contributed by atoms with van der Waals surface area (Å²) in [5.41, 5.74) is 6.79. The van der Waals surface area contributed by atoms with Crippen molar-refractivity contribution in [1.29, 1.82) is 0 Å². The van der Waals surface area contributed by atoms with Crippen LogP contribution in [0.5, 0.6) is 5.75 Å². The van der Waals surface area contributed by atoms with Crippen LogP contribution < -0.4 is 21.3 Å². The third-order valence-electron chi connectivity index (χ3n) is 6.46. The Bertz CT molecular complexity index is 1600. The number of anilines is 2. The van der Waals surface area contributed by atoms with E-state index in [0.717, 1.165) is 6.07 Å². The Morgan fingerprint density at radius 2 is 1.80 bits per heavy atom. The standard InChI is InChI=1S/C26H24F3N7O4/c1-15(35-6-8-39-9-7-35)23(37)34-21-11-18(3-5-22(21)40-26(27,28)29)36-14-33-20-10-16(2-4-19(20)24(36)38)17-12-31-25(30)32-13-17/h2-5,10-15H,6-9H2,1H3,(H,34,37)(H2,30,31,32). The molecule has 0 aliphatic carbocycles. The Morgan fingerprint density at radius 3 is 2.50 bits per heavy atom. The van der Waals surface area contributed by atoms with Gasteiger partial charge in [0.15, 0.2) is 5.75 Å². The summed E-state index contributed by atoms with van der Waals surface area (Å²) in [5, 5.41) is 2.79. The second-order valence-corrected chi connectivity index (χ2v) is 9.02. The first kappa shape index (κ1) is 27.0. The molecule has 5 rings (SSSR count). The van der Waals surface area contributed by atoms with Crippen molar-refractivity contribution in [1.82, 2.24) is 24.4 Å². The average molecular weight is 556 g/mol. The topological polar surface area (TPSA) is 137 Å². The van der Waals surface area contributed by atoms with Gasteiger partial charge in [0.05, 0.1) is 41.5 Å². The number of nitrogens with one attached hydrogen (secondary N) is 1. The molecular weight excluding hydrogens is 531 g/mol. The molecule has 2 aromatic heterocycles. The van der Waals surface area contributed by atoms with Crippen molar-refractivity contribution in [2.45, 2.75) is 19.3 Å². The molecule has 3 N–H and O–H groups in total. The highest BCUT2D eigenvalue weighted by molar-refractivity contribution is 5.96. The van der Waals surface area contributed by atoms with Gasteiger partial charge in [0, 0.05) is 31.0 Å². The Balaban J connectivity index is 1.49. The van der Waals surface area contributed by atoms with E-state index in [-0.39, 0.29) is 22.7 Å². The fourth-order valence-corrected chi connectivity index (χ4v) is 4.32. The van der Waals surface area contributed by atoms with E-state index >= 15 is 0 Å². The zero-order valence-electron chi connectivity index (χ0n) is 21.2. The van der Waals surface area contributed by atoms with Gasteiger partial charge in [0.2, 0.25) is 11.9 Å². The van der Waals surface area contributed by atoms with Gasteiger partial charge in [-0.25, -0.2) is 15.0 Å². The Hall–Kier alpha value is -4.56. The number of morpholine rings is 1. The average Bonchev–Trinajstić information content (AvgIpc) is 2.94. The highest BCUT2D eigenvalue weighted by atomic mass is 19.4. The van der Waals surface area contributed by atoms with Crippen molar-refractivity contribution in [3.05, 3.63) is 65.5 Å². The Kier molecular flexibility index (Phi) is 7.36. The first-order valence-corrected chi connectivity index (χ1v) is 12.2. The van der Waals surface area contributed by atoms with Crippen molar-refractivity contribution < 1.29 is 27.4 Å². The minimum absolute atomic E-state index is 0.128. The van der Waals surface area contributed by atoms with Gasteiger partial charge in [0.25, 0.3) is 5.56 Å². The van der Waals surface area contributed by atoms with Gasteiger partial charge in [-0.2, -0.15) is 0 Å². The first-order chi connectivity index (χ1) is 19.1. The van der Waals surface area contributed by atoms with E-state index in [0.29, 0.717) is 42.9 Å². The molecule has 1 aliphatic heterocycles. The molecule has 4 aromatic rings. The highest BCUT2D eigenvalue weighted by Crippen LogP contribution is 2.32. The molecule has 3 heterocycles. The molecule has 0 radical (unpaired) electrons. The van der Waals surface area contributed by atoms with Gasteiger partial charge in [-0.3, -0.25) is 19.1 Å². The molecule has 0 spiro atoms. The minimum atomic E-state index is -4.99. The molecule has 208 valence electrons. The quantitative estimate of drug-likeness (QED) is 0.368. The number of carbonyl (C=O) groups is 1. The molecule has 14 heteroatoms. The summed E-state index contributed by atoms with van der Waals surface area (Å²) in [6, 6.07) is 7.88. The van der Waals surface area contributed by atoms with Crippen molar-refractivity contribution >= 4 is 28.4 Å². The molecule has 1 amide bonds. The number of nitrogens with two attached hydrogens (primary N) is 1.